The summed E-state index contributed by atoms with van der Waals surface area (Å²) < 4.78 is 17.8. The number of benzene rings is 1. The molecule has 27 heavy (non-hydrogen) atoms. The molecule has 4 unspecified atom stereocenters. The lowest BCUT2D eigenvalue weighted by Crippen LogP contribution is -2.20. The second-order valence-corrected chi connectivity index (χ2v) is 7.62. The smallest absolute Gasteiger partial charge is 0.308 e. The lowest BCUT2D eigenvalue weighted by molar-refractivity contribution is -0.143. The van der Waals surface area contributed by atoms with Crippen molar-refractivity contribution in [2.45, 2.75) is 50.7 Å². The van der Waals surface area contributed by atoms with E-state index in [9.17, 15) is 19.4 Å². The van der Waals surface area contributed by atoms with Crippen molar-refractivity contribution in [3.63, 3.8) is 0 Å². The first-order chi connectivity index (χ1) is 13.0. The summed E-state index contributed by atoms with van der Waals surface area (Å²) in [5, 5.41) is 20.1. The molecule has 0 aliphatic heterocycles. The van der Waals surface area contributed by atoms with Crippen LogP contribution in [-0.2, 0) is 9.53 Å². The SMILES string of the molecule is COC(=O)CC(O)CC(O)C=CC1=C(c2ccc(F)cc2)CC2CCC1C2. The van der Waals surface area contributed by atoms with Gasteiger partial charge in [0.15, 0.2) is 0 Å². The van der Waals surface area contributed by atoms with Gasteiger partial charge in [-0.1, -0.05) is 24.3 Å². The fourth-order valence-electron chi connectivity index (χ4n) is 4.30. The molecule has 1 saturated carbocycles. The maximum Gasteiger partial charge on any atom is 0.308 e. The van der Waals surface area contributed by atoms with Crippen LogP contribution < -0.4 is 0 Å². The molecule has 0 radical (unpaired) electrons. The van der Waals surface area contributed by atoms with Gasteiger partial charge in [-0.15, -0.1) is 0 Å². The van der Waals surface area contributed by atoms with Crippen molar-refractivity contribution in [2.75, 3.05) is 7.11 Å². The maximum atomic E-state index is 13.3. The lowest BCUT2D eigenvalue weighted by Gasteiger charge is -2.25. The van der Waals surface area contributed by atoms with Gasteiger partial charge in [-0.05, 0) is 66.4 Å². The Hall–Kier alpha value is -1.98. The Morgan fingerprint density at radius 1 is 1.30 bits per heavy atom. The van der Waals surface area contributed by atoms with Crippen LogP contribution in [0.5, 0.6) is 0 Å². The Morgan fingerprint density at radius 2 is 2.04 bits per heavy atom. The molecular formula is C22H27FO4. The third-order valence-corrected chi connectivity index (χ3v) is 5.66. The molecule has 2 N–H and O–H groups in total. The molecule has 0 saturated heterocycles. The normalized spacial score (nSPS) is 24.3. The van der Waals surface area contributed by atoms with E-state index in [4.69, 9.17) is 0 Å². The quantitative estimate of drug-likeness (QED) is 0.715. The van der Waals surface area contributed by atoms with Gasteiger partial charge in [-0.25, -0.2) is 4.39 Å². The van der Waals surface area contributed by atoms with Crippen LogP contribution in [0.1, 0.15) is 44.1 Å². The lowest BCUT2D eigenvalue weighted by atomic mass is 9.80. The number of carbonyl (C=O) groups is 1. The van der Waals surface area contributed by atoms with Crippen molar-refractivity contribution in [2.24, 2.45) is 11.8 Å². The van der Waals surface area contributed by atoms with Gasteiger partial charge in [0, 0.05) is 6.42 Å². The van der Waals surface area contributed by atoms with Gasteiger partial charge < -0.3 is 14.9 Å². The number of hydrogen-bond acceptors (Lipinski definition) is 4. The average Bonchev–Trinajstić information content (AvgIpc) is 3.03. The molecule has 0 heterocycles. The topological polar surface area (TPSA) is 66.8 Å². The predicted molar refractivity (Wildman–Crippen MR) is 101 cm³/mol. The number of ether oxygens (including phenoxy) is 1. The number of esters is 1. The molecule has 5 heteroatoms. The van der Waals surface area contributed by atoms with Crippen molar-refractivity contribution < 1.29 is 24.1 Å². The zero-order valence-electron chi connectivity index (χ0n) is 15.6. The zero-order valence-corrected chi connectivity index (χ0v) is 15.6. The van der Waals surface area contributed by atoms with E-state index >= 15 is 0 Å². The van der Waals surface area contributed by atoms with E-state index < -0.39 is 18.2 Å². The number of halogens is 1. The number of hydrogen-bond donors (Lipinski definition) is 2. The first-order valence-electron chi connectivity index (χ1n) is 9.56. The second-order valence-electron chi connectivity index (χ2n) is 7.62. The fourth-order valence-corrected chi connectivity index (χ4v) is 4.30. The zero-order chi connectivity index (χ0) is 19.4. The van der Waals surface area contributed by atoms with E-state index in [0.29, 0.717) is 11.8 Å². The molecule has 146 valence electrons. The number of rotatable bonds is 7. The molecule has 1 fully saturated rings. The first-order valence-corrected chi connectivity index (χ1v) is 9.56. The molecule has 0 amide bonds. The number of carbonyl (C=O) groups excluding carboxylic acids is 1. The van der Waals surface area contributed by atoms with E-state index in [1.54, 1.807) is 6.08 Å². The minimum Gasteiger partial charge on any atom is -0.469 e. The molecule has 0 aromatic heterocycles. The van der Waals surface area contributed by atoms with Gasteiger partial charge >= 0.3 is 5.97 Å². The van der Waals surface area contributed by atoms with Gasteiger partial charge in [0.1, 0.15) is 5.82 Å². The highest BCUT2D eigenvalue weighted by Gasteiger charge is 2.34. The van der Waals surface area contributed by atoms with E-state index in [-0.39, 0.29) is 18.7 Å². The van der Waals surface area contributed by atoms with Crippen LogP contribution in [0.15, 0.2) is 42.0 Å². The molecule has 4 nitrogen and oxygen atoms in total. The minimum absolute atomic E-state index is 0.0814. The number of fused-ring (bicyclic) bond motifs is 2. The van der Waals surface area contributed by atoms with Gasteiger partial charge in [0.25, 0.3) is 0 Å². The summed E-state index contributed by atoms with van der Waals surface area (Å²) in [5.74, 6) is 0.403. The molecule has 0 spiro atoms. The highest BCUT2D eigenvalue weighted by Crippen LogP contribution is 2.48. The van der Waals surface area contributed by atoms with Gasteiger partial charge in [0.2, 0.25) is 0 Å². The minimum atomic E-state index is -0.940. The highest BCUT2D eigenvalue weighted by molar-refractivity contribution is 5.73. The van der Waals surface area contributed by atoms with Crippen molar-refractivity contribution in [1.29, 1.82) is 0 Å². The number of aliphatic hydroxyl groups excluding tert-OH is 2. The van der Waals surface area contributed by atoms with Gasteiger partial charge in [-0.2, -0.15) is 0 Å². The summed E-state index contributed by atoms with van der Waals surface area (Å²) in [6.45, 7) is 0. The molecule has 2 aliphatic carbocycles. The fraction of sp³-hybridized carbons (Fsp3) is 0.500. The molecule has 4 atom stereocenters. The molecule has 2 bridgehead atoms. The van der Waals surface area contributed by atoms with Gasteiger partial charge in [0.05, 0.1) is 25.7 Å². The van der Waals surface area contributed by atoms with Crippen LogP contribution in [0, 0.1) is 17.7 Å². The monoisotopic (exact) mass is 374 g/mol. The molecule has 1 aromatic rings. The molecule has 3 rings (SSSR count). The van der Waals surface area contributed by atoms with E-state index in [1.807, 2.05) is 18.2 Å². The van der Waals surface area contributed by atoms with E-state index in [1.165, 1.54) is 36.8 Å². The summed E-state index contributed by atoms with van der Waals surface area (Å²) in [6.07, 6.45) is 6.29. The molecular weight excluding hydrogens is 347 g/mol. The van der Waals surface area contributed by atoms with Crippen molar-refractivity contribution in [3.8, 4) is 0 Å². The van der Waals surface area contributed by atoms with Crippen molar-refractivity contribution in [3.05, 3.63) is 53.4 Å². The largest absolute Gasteiger partial charge is 0.469 e. The summed E-state index contributed by atoms with van der Waals surface area (Å²) in [4.78, 5) is 11.2. The number of methoxy groups -OCH3 is 1. The summed E-state index contributed by atoms with van der Waals surface area (Å²) in [6, 6.07) is 6.61. The van der Waals surface area contributed by atoms with Gasteiger partial charge in [-0.3, -0.25) is 4.79 Å². The standard InChI is InChI=1S/C22H27FO4/c1-27-22(26)13-19(25)12-18(24)8-9-20-16-3-2-14(10-16)11-21(20)15-4-6-17(23)7-5-15/h4-9,14,16,18-19,24-25H,2-3,10-13H2,1H3. The first kappa shape index (κ1) is 19.8. The molecule has 1 aromatic carbocycles. The molecule has 2 aliphatic rings. The van der Waals surface area contributed by atoms with Crippen LogP contribution in [0.25, 0.3) is 5.57 Å². The highest BCUT2D eigenvalue weighted by atomic mass is 19.1. The van der Waals surface area contributed by atoms with E-state index in [0.717, 1.165) is 24.8 Å². The van der Waals surface area contributed by atoms with Crippen LogP contribution in [0.2, 0.25) is 0 Å². The Kier molecular flexibility index (Phi) is 6.45. The number of allylic oxidation sites excluding steroid dienone is 3. The third kappa shape index (κ3) is 5.05. The average molecular weight is 374 g/mol. The third-order valence-electron chi connectivity index (χ3n) is 5.66. The Labute approximate surface area is 159 Å². The summed E-state index contributed by atoms with van der Waals surface area (Å²) >= 11 is 0. The van der Waals surface area contributed by atoms with Crippen LogP contribution >= 0.6 is 0 Å². The van der Waals surface area contributed by atoms with E-state index in [2.05, 4.69) is 4.74 Å². The van der Waals surface area contributed by atoms with Crippen LogP contribution in [0.4, 0.5) is 4.39 Å². The Morgan fingerprint density at radius 3 is 2.74 bits per heavy atom. The van der Waals surface area contributed by atoms with Crippen LogP contribution in [-0.4, -0.2) is 35.5 Å². The van der Waals surface area contributed by atoms with Crippen LogP contribution in [0.3, 0.4) is 0 Å². The maximum absolute atomic E-state index is 13.3. The Bertz CT molecular complexity index is 722. The second kappa shape index (κ2) is 8.81. The van der Waals surface area contributed by atoms with Crippen molar-refractivity contribution in [1.82, 2.24) is 0 Å². The van der Waals surface area contributed by atoms with Crippen molar-refractivity contribution >= 4 is 11.5 Å². The predicted octanol–water partition coefficient (Wildman–Crippen LogP) is 3.63. The number of aliphatic hydroxyl groups is 2. The summed E-state index contributed by atoms with van der Waals surface area (Å²) in [7, 11) is 1.27. The Balaban J connectivity index is 1.75. The summed E-state index contributed by atoms with van der Waals surface area (Å²) in [5.41, 5.74) is 3.47.